The number of benzene rings is 2. The van der Waals surface area contributed by atoms with Crippen LogP contribution in [0.4, 0.5) is 0 Å². The van der Waals surface area contributed by atoms with Gasteiger partial charge in [0.15, 0.2) is 0 Å². The van der Waals surface area contributed by atoms with E-state index in [1.165, 1.54) is 12.8 Å². The fraction of sp³-hybridized carbons (Fsp3) is 0.462. The number of amides is 2. The maximum atomic E-state index is 13.0. The normalized spacial score (nSPS) is 19.0. The molecule has 1 saturated heterocycles. The Morgan fingerprint density at radius 1 is 1.06 bits per heavy atom. The highest BCUT2D eigenvalue weighted by molar-refractivity contribution is 5.97. The molecule has 2 aliphatic heterocycles. The molecule has 31 heavy (non-hydrogen) atoms. The monoisotopic (exact) mass is 419 g/mol. The highest BCUT2D eigenvalue weighted by atomic mass is 16.2. The Morgan fingerprint density at radius 3 is 2.48 bits per heavy atom. The van der Waals surface area contributed by atoms with Crippen LogP contribution in [0.15, 0.2) is 42.5 Å². The zero-order valence-corrected chi connectivity index (χ0v) is 18.9. The molecule has 2 amide bonds. The molecule has 0 radical (unpaired) electrons. The molecule has 4 rings (SSSR count). The van der Waals surface area contributed by atoms with Gasteiger partial charge in [-0.25, -0.2) is 0 Å². The van der Waals surface area contributed by atoms with Crippen LogP contribution < -0.4 is 5.32 Å². The summed E-state index contributed by atoms with van der Waals surface area (Å²) >= 11 is 0. The summed E-state index contributed by atoms with van der Waals surface area (Å²) in [5, 5.41) is 2.91. The van der Waals surface area contributed by atoms with Gasteiger partial charge in [0.05, 0.1) is 0 Å². The van der Waals surface area contributed by atoms with Gasteiger partial charge in [0, 0.05) is 42.8 Å². The van der Waals surface area contributed by atoms with Crippen LogP contribution in [0.5, 0.6) is 0 Å². The molecule has 2 heterocycles. The number of fused-ring (bicyclic) bond motifs is 1. The van der Waals surface area contributed by atoms with E-state index in [1.54, 1.807) is 0 Å². The van der Waals surface area contributed by atoms with Gasteiger partial charge in [0.1, 0.15) is 0 Å². The summed E-state index contributed by atoms with van der Waals surface area (Å²) < 4.78 is 0. The van der Waals surface area contributed by atoms with Crippen LogP contribution >= 0.6 is 0 Å². The SMILES string of the molecule is CC(C)NC(=O)c1ccc(-c2ccc3c(c2)CCN(CCN2CCC[C@H]2C)C3=O)cc1. The van der Waals surface area contributed by atoms with Crippen molar-refractivity contribution in [2.75, 3.05) is 26.2 Å². The van der Waals surface area contributed by atoms with Gasteiger partial charge in [-0.05, 0) is 81.5 Å². The molecule has 1 atom stereocenters. The molecule has 0 saturated carbocycles. The average Bonchev–Trinajstić information content (AvgIpc) is 3.17. The van der Waals surface area contributed by atoms with Crippen LogP contribution in [0.25, 0.3) is 11.1 Å². The molecule has 2 aliphatic rings. The Kier molecular flexibility index (Phi) is 6.42. The third kappa shape index (κ3) is 4.82. The van der Waals surface area contributed by atoms with E-state index in [0.29, 0.717) is 11.6 Å². The first-order valence-corrected chi connectivity index (χ1v) is 11.5. The van der Waals surface area contributed by atoms with Crippen molar-refractivity contribution in [3.63, 3.8) is 0 Å². The molecule has 1 N–H and O–H groups in total. The lowest BCUT2D eigenvalue weighted by Gasteiger charge is -2.31. The van der Waals surface area contributed by atoms with E-state index in [2.05, 4.69) is 23.2 Å². The molecule has 5 nitrogen and oxygen atoms in total. The van der Waals surface area contributed by atoms with Gasteiger partial charge in [-0.3, -0.25) is 14.5 Å². The fourth-order valence-corrected chi connectivity index (χ4v) is 4.66. The summed E-state index contributed by atoms with van der Waals surface area (Å²) in [4.78, 5) is 29.7. The van der Waals surface area contributed by atoms with Crippen LogP contribution in [-0.2, 0) is 6.42 Å². The number of nitrogens with one attached hydrogen (secondary N) is 1. The molecule has 164 valence electrons. The van der Waals surface area contributed by atoms with Crippen LogP contribution in [-0.4, -0.2) is 59.9 Å². The highest BCUT2D eigenvalue weighted by Gasteiger charge is 2.26. The first-order valence-electron chi connectivity index (χ1n) is 11.5. The Hall–Kier alpha value is -2.66. The number of hydrogen-bond donors (Lipinski definition) is 1. The number of carbonyl (C=O) groups excluding carboxylic acids is 2. The summed E-state index contributed by atoms with van der Waals surface area (Å²) in [7, 11) is 0. The minimum Gasteiger partial charge on any atom is -0.350 e. The minimum absolute atomic E-state index is 0.0546. The molecule has 0 bridgehead atoms. The summed E-state index contributed by atoms with van der Waals surface area (Å²) in [6, 6.07) is 14.5. The standard InChI is InChI=1S/C26H33N3O2/c1-18(2)27-25(30)21-8-6-20(7-9-21)22-10-11-24-23(17-22)12-14-29(26(24)31)16-15-28-13-4-5-19(28)3/h6-11,17-19H,4-5,12-16H2,1-3H3,(H,27,30)/t19-/m1/s1. The van der Waals surface area contributed by atoms with Gasteiger partial charge in [0.25, 0.3) is 11.8 Å². The van der Waals surface area contributed by atoms with Gasteiger partial charge >= 0.3 is 0 Å². The Labute approximate surface area is 185 Å². The predicted octanol–water partition coefficient (Wildman–Crippen LogP) is 3.97. The van der Waals surface area contributed by atoms with Crippen molar-refractivity contribution in [2.45, 2.75) is 52.1 Å². The quantitative estimate of drug-likeness (QED) is 0.771. The molecular formula is C26H33N3O2. The van der Waals surface area contributed by atoms with E-state index in [4.69, 9.17) is 0 Å². The van der Waals surface area contributed by atoms with Gasteiger partial charge in [-0.15, -0.1) is 0 Å². The lowest BCUT2D eigenvalue weighted by Crippen LogP contribution is -2.43. The van der Waals surface area contributed by atoms with E-state index < -0.39 is 0 Å². The number of carbonyl (C=O) groups is 2. The Morgan fingerprint density at radius 2 is 1.81 bits per heavy atom. The number of likely N-dealkylation sites (tertiary alicyclic amines) is 1. The maximum Gasteiger partial charge on any atom is 0.254 e. The van der Waals surface area contributed by atoms with Gasteiger partial charge in [0.2, 0.25) is 0 Å². The lowest BCUT2D eigenvalue weighted by molar-refractivity contribution is 0.0716. The average molecular weight is 420 g/mol. The molecule has 2 aromatic rings. The summed E-state index contributed by atoms with van der Waals surface area (Å²) in [5.74, 6) is 0.0985. The minimum atomic E-state index is -0.0546. The smallest absolute Gasteiger partial charge is 0.254 e. The highest BCUT2D eigenvalue weighted by Crippen LogP contribution is 2.27. The van der Waals surface area contributed by atoms with Crippen molar-refractivity contribution in [1.82, 2.24) is 15.1 Å². The fourth-order valence-electron chi connectivity index (χ4n) is 4.66. The topological polar surface area (TPSA) is 52.7 Å². The molecule has 0 unspecified atom stereocenters. The maximum absolute atomic E-state index is 13.0. The van der Waals surface area contributed by atoms with Crippen LogP contribution in [0.1, 0.15) is 59.9 Å². The van der Waals surface area contributed by atoms with Crippen molar-refractivity contribution in [3.05, 3.63) is 59.2 Å². The van der Waals surface area contributed by atoms with Crippen molar-refractivity contribution in [1.29, 1.82) is 0 Å². The van der Waals surface area contributed by atoms with E-state index in [-0.39, 0.29) is 17.9 Å². The molecule has 0 aromatic heterocycles. The molecular weight excluding hydrogens is 386 g/mol. The number of hydrogen-bond acceptors (Lipinski definition) is 3. The van der Waals surface area contributed by atoms with Crippen LogP contribution in [0.2, 0.25) is 0 Å². The van der Waals surface area contributed by atoms with Crippen molar-refractivity contribution < 1.29 is 9.59 Å². The molecule has 0 aliphatic carbocycles. The van der Waals surface area contributed by atoms with Gasteiger partial charge in [-0.2, -0.15) is 0 Å². The van der Waals surface area contributed by atoms with E-state index >= 15 is 0 Å². The van der Waals surface area contributed by atoms with Crippen molar-refractivity contribution >= 4 is 11.8 Å². The molecule has 5 heteroatoms. The lowest BCUT2D eigenvalue weighted by atomic mass is 9.93. The van der Waals surface area contributed by atoms with E-state index in [1.807, 2.05) is 55.1 Å². The third-order valence-corrected chi connectivity index (χ3v) is 6.52. The summed E-state index contributed by atoms with van der Waals surface area (Å²) in [6.07, 6.45) is 3.42. The molecule has 1 fully saturated rings. The van der Waals surface area contributed by atoms with Gasteiger partial charge < -0.3 is 10.2 Å². The van der Waals surface area contributed by atoms with Crippen molar-refractivity contribution in [2.24, 2.45) is 0 Å². The zero-order chi connectivity index (χ0) is 22.0. The predicted molar refractivity (Wildman–Crippen MR) is 124 cm³/mol. The second-order valence-electron chi connectivity index (χ2n) is 9.15. The first-order chi connectivity index (χ1) is 14.9. The van der Waals surface area contributed by atoms with Gasteiger partial charge in [-0.1, -0.05) is 24.3 Å². The van der Waals surface area contributed by atoms with E-state index in [0.717, 1.165) is 54.9 Å². The van der Waals surface area contributed by atoms with Crippen LogP contribution in [0, 0.1) is 0 Å². The largest absolute Gasteiger partial charge is 0.350 e. The second-order valence-corrected chi connectivity index (χ2v) is 9.15. The Bertz CT molecular complexity index is 952. The number of rotatable bonds is 6. The molecule has 0 spiro atoms. The third-order valence-electron chi connectivity index (χ3n) is 6.52. The van der Waals surface area contributed by atoms with Crippen molar-refractivity contribution in [3.8, 4) is 11.1 Å². The Balaban J connectivity index is 1.43. The summed E-state index contributed by atoms with van der Waals surface area (Å²) in [5.41, 5.74) is 4.75. The zero-order valence-electron chi connectivity index (χ0n) is 18.9. The van der Waals surface area contributed by atoms with Crippen LogP contribution in [0.3, 0.4) is 0 Å². The summed E-state index contributed by atoms with van der Waals surface area (Å²) in [6.45, 7) is 9.91. The number of nitrogens with zero attached hydrogens (tertiary/aromatic N) is 2. The first kappa shape index (κ1) is 21.6. The molecule has 2 aromatic carbocycles. The van der Waals surface area contributed by atoms with E-state index in [9.17, 15) is 9.59 Å². The second kappa shape index (κ2) is 9.23.